The Morgan fingerprint density at radius 2 is 2.12 bits per heavy atom. The SMILES string of the molecule is COCc1ccc(C(=O)N2CC(O)CC2c2ccc(F)c(F)c2)o1. The standard InChI is InChI=1S/C17H17F2NO4/c1-23-9-12-3-5-16(24-12)17(22)20-8-11(21)7-15(20)10-2-4-13(18)14(19)6-10/h2-6,11,15,21H,7-9H2,1H3. The molecule has 24 heavy (non-hydrogen) atoms. The molecule has 1 aromatic heterocycles. The minimum Gasteiger partial charge on any atom is -0.453 e. The van der Waals surface area contributed by atoms with Crippen LogP contribution in [0.3, 0.4) is 0 Å². The fourth-order valence-corrected chi connectivity index (χ4v) is 2.93. The molecule has 2 aromatic rings. The summed E-state index contributed by atoms with van der Waals surface area (Å²) in [5.74, 6) is -1.73. The third-order valence-corrected chi connectivity index (χ3v) is 4.03. The van der Waals surface area contributed by atoms with Gasteiger partial charge in [0.05, 0.1) is 12.1 Å². The van der Waals surface area contributed by atoms with Gasteiger partial charge in [-0.05, 0) is 36.2 Å². The van der Waals surface area contributed by atoms with Crippen molar-refractivity contribution in [2.75, 3.05) is 13.7 Å². The molecule has 0 spiro atoms. The van der Waals surface area contributed by atoms with Crippen LogP contribution in [0.5, 0.6) is 0 Å². The van der Waals surface area contributed by atoms with Crippen LogP contribution in [0.2, 0.25) is 0 Å². The Morgan fingerprint density at radius 1 is 1.33 bits per heavy atom. The van der Waals surface area contributed by atoms with Crippen LogP contribution in [0.25, 0.3) is 0 Å². The van der Waals surface area contributed by atoms with Crippen LogP contribution >= 0.6 is 0 Å². The normalized spacial score (nSPS) is 20.6. The van der Waals surface area contributed by atoms with E-state index < -0.39 is 29.7 Å². The van der Waals surface area contributed by atoms with E-state index in [0.717, 1.165) is 12.1 Å². The molecule has 1 aliphatic rings. The van der Waals surface area contributed by atoms with Gasteiger partial charge in [0.15, 0.2) is 17.4 Å². The number of nitrogens with zero attached hydrogens (tertiary/aromatic N) is 1. The summed E-state index contributed by atoms with van der Waals surface area (Å²) in [7, 11) is 1.51. The smallest absolute Gasteiger partial charge is 0.290 e. The molecule has 1 saturated heterocycles. The number of halogens is 2. The molecule has 2 heterocycles. The van der Waals surface area contributed by atoms with Crippen LogP contribution in [0.1, 0.15) is 34.3 Å². The number of benzene rings is 1. The van der Waals surface area contributed by atoms with Crippen LogP contribution in [-0.4, -0.2) is 35.7 Å². The van der Waals surface area contributed by atoms with E-state index in [1.165, 1.54) is 24.1 Å². The molecule has 2 atom stereocenters. The highest BCUT2D eigenvalue weighted by Crippen LogP contribution is 2.34. The molecule has 128 valence electrons. The molecule has 1 amide bonds. The van der Waals surface area contributed by atoms with Crippen molar-refractivity contribution in [1.82, 2.24) is 4.90 Å². The van der Waals surface area contributed by atoms with Crippen LogP contribution < -0.4 is 0 Å². The monoisotopic (exact) mass is 337 g/mol. The minimum atomic E-state index is -0.985. The highest BCUT2D eigenvalue weighted by Gasteiger charge is 2.37. The number of ether oxygens (including phenoxy) is 1. The maximum Gasteiger partial charge on any atom is 0.290 e. The molecule has 0 aliphatic carbocycles. The molecular weight excluding hydrogens is 320 g/mol. The molecule has 1 fully saturated rings. The van der Waals surface area contributed by atoms with E-state index in [4.69, 9.17) is 9.15 Å². The minimum absolute atomic E-state index is 0.100. The van der Waals surface area contributed by atoms with E-state index in [-0.39, 0.29) is 25.3 Å². The molecule has 7 heteroatoms. The van der Waals surface area contributed by atoms with Gasteiger partial charge in [0.1, 0.15) is 12.4 Å². The number of likely N-dealkylation sites (tertiary alicyclic amines) is 1. The van der Waals surface area contributed by atoms with Crippen LogP contribution in [-0.2, 0) is 11.3 Å². The Kier molecular flexibility index (Phi) is 4.64. The lowest BCUT2D eigenvalue weighted by Crippen LogP contribution is -2.31. The van der Waals surface area contributed by atoms with Gasteiger partial charge >= 0.3 is 0 Å². The Balaban J connectivity index is 1.86. The fraction of sp³-hybridized carbons (Fsp3) is 0.353. The summed E-state index contributed by atoms with van der Waals surface area (Å²) >= 11 is 0. The molecule has 0 bridgehead atoms. The number of rotatable bonds is 4. The zero-order valence-electron chi connectivity index (χ0n) is 13.0. The van der Waals surface area contributed by atoms with E-state index in [2.05, 4.69) is 0 Å². The Hall–Kier alpha value is -2.25. The van der Waals surface area contributed by atoms with Gasteiger partial charge in [-0.2, -0.15) is 0 Å². The van der Waals surface area contributed by atoms with Gasteiger partial charge in [0.2, 0.25) is 0 Å². The average molecular weight is 337 g/mol. The second-order valence-corrected chi connectivity index (χ2v) is 5.74. The first kappa shape index (κ1) is 16.6. The number of aliphatic hydroxyl groups excluding tert-OH is 1. The lowest BCUT2D eigenvalue weighted by atomic mass is 10.0. The molecule has 0 saturated carbocycles. The van der Waals surface area contributed by atoms with Gasteiger partial charge in [0, 0.05) is 13.7 Å². The lowest BCUT2D eigenvalue weighted by Gasteiger charge is -2.24. The second-order valence-electron chi connectivity index (χ2n) is 5.74. The largest absolute Gasteiger partial charge is 0.453 e. The van der Waals surface area contributed by atoms with Crippen LogP contribution in [0, 0.1) is 11.6 Å². The maximum absolute atomic E-state index is 13.5. The first-order valence-electron chi connectivity index (χ1n) is 7.51. The molecule has 5 nitrogen and oxygen atoms in total. The third-order valence-electron chi connectivity index (χ3n) is 4.03. The van der Waals surface area contributed by atoms with Gasteiger partial charge in [-0.15, -0.1) is 0 Å². The topological polar surface area (TPSA) is 62.9 Å². The molecule has 1 aliphatic heterocycles. The molecule has 1 N–H and O–H groups in total. The zero-order valence-corrected chi connectivity index (χ0v) is 13.0. The van der Waals surface area contributed by atoms with Gasteiger partial charge in [0.25, 0.3) is 5.91 Å². The fourth-order valence-electron chi connectivity index (χ4n) is 2.93. The predicted octanol–water partition coefficient (Wildman–Crippen LogP) is 2.65. The number of hydrogen-bond donors (Lipinski definition) is 1. The number of carbonyl (C=O) groups excluding carboxylic acids is 1. The van der Waals surface area contributed by atoms with E-state index in [1.807, 2.05) is 0 Å². The van der Waals surface area contributed by atoms with Crippen molar-refractivity contribution in [2.24, 2.45) is 0 Å². The average Bonchev–Trinajstić information content (AvgIpc) is 3.16. The number of methoxy groups -OCH3 is 1. The van der Waals surface area contributed by atoms with Crippen molar-refractivity contribution in [3.05, 3.63) is 59.1 Å². The van der Waals surface area contributed by atoms with E-state index >= 15 is 0 Å². The first-order chi connectivity index (χ1) is 11.5. The molecular formula is C17H17F2NO4. The number of hydrogen-bond acceptors (Lipinski definition) is 4. The quantitative estimate of drug-likeness (QED) is 0.932. The zero-order chi connectivity index (χ0) is 17.3. The molecule has 0 radical (unpaired) electrons. The lowest BCUT2D eigenvalue weighted by molar-refractivity contribution is 0.0676. The second kappa shape index (κ2) is 6.70. The van der Waals surface area contributed by atoms with Crippen molar-refractivity contribution in [3.8, 4) is 0 Å². The van der Waals surface area contributed by atoms with Crippen molar-refractivity contribution in [1.29, 1.82) is 0 Å². The predicted molar refractivity (Wildman–Crippen MR) is 80.2 cm³/mol. The van der Waals surface area contributed by atoms with Gasteiger partial charge in [-0.3, -0.25) is 4.79 Å². The number of furan rings is 1. The summed E-state index contributed by atoms with van der Waals surface area (Å²) in [6.45, 7) is 0.339. The van der Waals surface area contributed by atoms with E-state index in [0.29, 0.717) is 11.3 Å². The molecule has 3 rings (SSSR count). The summed E-state index contributed by atoms with van der Waals surface area (Å²) in [6.07, 6.45) is -0.483. The summed E-state index contributed by atoms with van der Waals surface area (Å²) in [5, 5.41) is 9.93. The van der Waals surface area contributed by atoms with Crippen molar-refractivity contribution < 1.29 is 27.8 Å². The number of β-amino-alcohol motifs (C(OH)–C–C–N with tert-alkyl or cyclic N) is 1. The first-order valence-corrected chi connectivity index (χ1v) is 7.51. The number of aliphatic hydroxyl groups is 1. The van der Waals surface area contributed by atoms with Gasteiger partial charge < -0.3 is 19.2 Å². The van der Waals surface area contributed by atoms with Crippen LogP contribution in [0.15, 0.2) is 34.7 Å². The van der Waals surface area contributed by atoms with Crippen molar-refractivity contribution >= 4 is 5.91 Å². The van der Waals surface area contributed by atoms with Crippen molar-refractivity contribution in [2.45, 2.75) is 25.2 Å². The van der Waals surface area contributed by atoms with E-state index in [1.54, 1.807) is 6.07 Å². The van der Waals surface area contributed by atoms with Crippen molar-refractivity contribution in [3.63, 3.8) is 0 Å². The Morgan fingerprint density at radius 3 is 2.83 bits per heavy atom. The Labute approximate surface area is 137 Å². The third kappa shape index (κ3) is 3.18. The summed E-state index contributed by atoms with van der Waals surface area (Å²) in [6, 6.07) is 6.11. The van der Waals surface area contributed by atoms with E-state index in [9.17, 15) is 18.7 Å². The maximum atomic E-state index is 13.5. The van der Waals surface area contributed by atoms with Crippen LogP contribution in [0.4, 0.5) is 8.78 Å². The molecule has 1 aromatic carbocycles. The highest BCUT2D eigenvalue weighted by molar-refractivity contribution is 5.92. The van der Waals surface area contributed by atoms with Gasteiger partial charge in [-0.25, -0.2) is 8.78 Å². The molecule has 2 unspecified atom stereocenters. The number of amides is 1. The summed E-state index contributed by atoms with van der Waals surface area (Å²) < 4.78 is 37.0. The Bertz CT molecular complexity index is 746. The van der Waals surface area contributed by atoms with Gasteiger partial charge in [-0.1, -0.05) is 6.07 Å². The number of carbonyl (C=O) groups is 1. The summed E-state index contributed by atoms with van der Waals surface area (Å²) in [5.41, 5.74) is 0.433. The summed E-state index contributed by atoms with van der Waals surface area (Å²) in [4.78, 5) is 14.1. The highest BCUT2D eigenvalue weighted by atomic mass is 19.2.